The number of nitrogens with one attached hydrogen (secondary N) is 1. The summed E-state index contributed by atoms with van der Waals surface area (Å²) in [5.41, 5.74) is 0. The standard InChI is InChI=1S/C10H16ClNO3S/c11-6-1-2-9-16(13,14)12-7-5-10-4-3-8-15-10/h3-4,8,12H,1-2,5-7,9H2. The van der Waals surface area contributed by atoms with Crippen LogP contribution in [-0.2, 0) is 16.4 Å². The molecule has 0 amide bonds. The van der Waals surface area contributed by atoms with Crippen LogP contribution >= 0.6 is 11.6 Å². The third-order valence-corrected chi connectivity index (χ3v) is 3.81. The molecule has 0 saturated heterocycles. The Bertz CT molecular complexity index is 375. The molecule has 1 N–H and O–H groups in total. The lowest BCUT2D eigenvalue weighted by Crippen LogP contribution is -2.28. The number of rotatable bonds is 8. The zero-order valence-corrected chi connectivity index (χ0v) is 10.6. The topological polar surface area (TPSA) is 59.3 Å². The van der Waals surface area contributed by atoms with Gasteiger partial charge in [0.15, 0.2) is 0 Å². The SMILES string of the molecule is O=S(=O)(CCCCCl)NCCc1ccco1. The van der Waals surface area contributed by atoms with Gasteiger partial charge in [-0.25, -0.2) is 13.1 Å². The minimum Gasteiger partial charge on any atom is -0.469 e. The second-order valence-electron chi connectivity index (χ2n) is 3.44. The molecule has 0 aliphatic heterocycles. The van der Waals surface area contributed by atoms with Gasteiger partial charge >= 0.3 is 0 Å². The molecule has 0 atom stereocenters. The predicted molar refractivity (Wildman–Crippen MR) is 64.2 cm³/mol. The van der Waals surface area contributed by atoms with E-state index < -0.39 is 10.0 Å². The normalized spacial score (nSPS) is 11.8. The van der Waals surface area contributed by atoms with Gasteiger partial charge in [0.2, 0.25) is 10.0 Å². The molecule has 0 unspecified atom stereocenters. The summed E-state index contributed by atoms with van der Waals surface area (Å²) in [6.07, 6.45) is 3.46. The third kappa shape index (κ3) is 5.53. The maximum Gasteiger partial charge on any atom is 0.211 e. The maximum atomic E-state index is 11.4. The lowest BCUT2D eigenvalue weighted by Gasteiger charge is -2.04. The number of halogens is 1. The Balaban J connectivity index is 2.20. The van der Waals surface area contributed by atoms with Gasteiger partial charge in [-0.05, 0) is 25.0 Å². The molecule has 6 heteroatoms. The molecule has 92 valence electrons. The maximum absolute atomic E-state index is 11.4. The first-order chi connectivity index (χ1) is 7.64. The lowest BCUT2D eigenvalue weighted by atomic mass is 10.3. The summed E-state index contributed by atoms with van der Waals surface area (Å²) < 4.78 is 30.5. The molecule has 0 spiro atoms. The Morgan fingerprint density at radius 1 is 1.38 bits per heavy atom. The van der Waals surface area contributed by atoms with Crippen molar-refractivity contribution in [2.75, 3.05) is 18.2 Å². The van der Waals surface area contributed by atoms with Gasteiger partial charge in [0.25, 0.3) is 0 Å². The van der Waals surface area contributed by atoms with Gasteiger partial charge in [-0.3, -0.25) is 0 Å². The van der Waals surface area contributed by atoms with Gasteiger partial charge in [-0.2, -0.15) is 0 Å². The second-order valence-corrected chi connectivity index (χ2v) is 5.74. The monoisotopic (exact) mass is 265 g/mol. The Kier molecular flexibility index (Phi) is 5.87. The summed E-state index contributed by atoms with van der Waals surface area (Å²) in [6, 6.07) is 3.60. The highest BCUT2D eigenvalue weighted by Gasteiger charge is 2.08. The van der Waals surface area contributed by atoms with E-state index in [0.29, 0.717) is 25.3 Å². The van der Waals surface area contributed by atoms with Crippen LogP contribution in [0.2, 0.25) is 0 Å². The summed E-state index contributed by atoms with van der Waals surface area (Å²) in [6.45, 7) is 0.372. The van der Waals surface area contributed by atoms with E-state index >= 15 is 0 Å². The van der Waals surface area contributed by atoms with Gasteiger partial charge in [-0.15, -0.1) is 11.6 Å². The number of hydrogen-bond acceptors (Lipinski definition) is 3. The fourth-order valence-electron chi connectivity index (χ4n) is 1.24. The van der Waals surface area contributed by atoms with Crippen molar-refractivity contribution in [2.24, 2.45) is 0 Å². The number of sulfonamides is 1. The van der Waals surface area contributed by atoms with E-state index in [1.165, 1.54) is 0 Å². The minimum absolute atomic E-state index is 0.137. The molecule has 0 aromatic carbocycles. The minimum atomic E-state index is -3.16. The Morgan fingerprint density at radius 3 is 2.81 bits per heavy atom. The highest BCUT2D eigenvalue weighted by atomic mass is 35.5. The van der Waals surface area contributed by atoms with E-state index in [-0.39, 0.29) is 5.75 Å². The molecule has 4 nitrogen and oxygen atoms in total. The second kappa shape index (κ2) is 6.93. The Labute approximate surface area is 101 Å². The summed E-state index contributed by atoms with van der Waals surface area (Å²) >= 11 is 5.47. The van der Waals surface area contributed by atoms with Gasteiger partial charge < -0.3 is 4.42 Å². The fraction of sp³-hybridized carbons (Fsp3) is 0.600. The summed E-state index contributed by atoms with van der Waals surface area (Å²) in [4.78, 5) is 0. The van der Waals surface area contributed by atoms with Crippen LogP contribution in [0.5, 0.6) is 0 Å². The molecular weight excluding hydrogens is 250 g/mol. The first-order valence-corrected chi connectivity index (χ1v) is 7.38. The predicted octanol–water partition coefficient (Wildman–Crippen LogP) is 1.76. The van der Waals surface area contributed by atoms with Crippen LogP contribution in [0.1, 0.15) is 18.6 Å². The third-order valence-electron chi connectivity index (χ3n) is 2.07. The lowest BCUT2D eigenvalue weighted by molar-refractivity contribution is 0.505. The molecule has 1 rings (SSSR count). The number of hydrogen-bond donors (Lipinski definition) is 1. The molecule has 0 aliphatic rings. The summed E-state index contributed by atoms with van der Waals surface area (Å²) in [5.74, 6) is 1.42. The van der Waals surface area contributed by atoms with Crippen LogP contribution in [0.15, 0.2) is 22.8 Å². The van der Waals surface area contributed by atoms with Crippen LogP contribution in [0.25, 0.3) is 0 Å². The fourth-order valence-corrected chi connectivity index (χ4v) is 2.57. The molecule has 1 aromatic rings. The van der Waals surface area contributed by atoms with Gasteiger partial charge in [0.05, 0.1) is 12.0 Å². The number of unbranched alkanes of at least 4 members (excludes halogenated alkanes) is 1. The largest absolute Gasteiger partial charge is 0.469 e. The van der Waals surface area contributed by atoms with E-state index in [2.05, 4.69) is 4.72 Å². The quantitative estimate of drug-likeness (QED) is 0.576. The van der Waals surface area contributed by atoms with Gasteiger partial charge in [0, 0.05) is 18.8 Å². The Morgan fingerprint density at radius 2 is 2.19 bits per heavy atom. The van der Waals surface area contributed by atoms with Crippen LogP contribution in [-0.4, -0.2) is 26.6 Å². The van der Waals surface area contributed by atoms with E-state index in [1.54, 1.807) is 12.3 Å². The highest BCUT2D eigenvalue weighted by molar-refractivity contribution is 7.89. The number of alkyl halides is 1. The highest BCUT2D eigenvalue weighted by Crippen LogP contribution is 2.01. The smallest absolute Gasteiger partial charge is 0.211 e. The van der Waals surface area contributed by atoms with Crippen LogP contribution in [0.3, 0.4) is 0 Å². The molecule has 0 aliphatic carbocycles. The molecule has 0 bridgehead atoms. The summed E-state index contributed by atoms with van der Waals surface area (Å²) in [5, 5.41) is 0. The molecule has 1 aromatic heterocycles. The van der Waals surface area contributed by atoms with E-state index in [0.717, 1.165) is 12.2 Å². The van der Waals surface area contributed by atoms with Crippen molar-refractivity contribution >= 4 is 21.6 Å². The van der Waals surface area contributed by atoms with Gasteiger partial charge in [-0.1, -0.05) is 0 Å². The zero-order valence-electron chi connectivity index (χ0n) is 8.99. The van der Waals surface area contributed by atoms with Crippen molar-refractivity contribution in [3.63, 3.8) is 0 Å². The van der Waals surface area contributed by atoms with Crippen molar-refractivity contribution in [3.05, 3.63) is 24.2 Å². The summed E-state index contributed by atoms with van der Waals surface area (Å²) in [7, 11) is -3.16. The van der Waals surface area contributed by atoms with Crippen molar-refractivity contribution in [1.29, 1.82) is 0 Å². The first kappa shape index (κ1) is 13.5. The van der Waals surface area contributed by atoms with Crippen molar-refractivity contribution in [2.45, 2.75) is 19.3 Å². The molecule has 1 heterocycles. The molecule has 0 fully saturated rings. The van der Waals surface area contributed by atoms with Crippen LogP contribution < -0.4 is 4.72 Å². The zero-order chi connectivity index (χ0) is 11.9. The van der Waals surface area contributed by atoms with E-state index in [4.69, 9.17) is 16.0 Å². The number of furan rings is 1. The molecule has 0 saturated carbocycles. The first-order valence-electron chi connectivity index (χ1n) is 5.20. The van der Waals surface area contributed by atoms with E-state index in [9.17, 15) is 8.42 Å². The van der Waals surface area contributed by atoms with Crippen molar-refractivity contribution in [3.8, 4) is 0 Å². The Hall–Kier alpha value is -0.520. The van der Waals surface area contributed by atoms with Crippen LogP contribution in [0, 0.1) is 0 Å². The van der Waals surface area contributed by atoms with Crippen LogP contribution in [0.4, 0.5) is 0 Å². The van der Waals surface area contributed by atoms with Crippen molar-refractivity contribution < 1.29 is 12.8 Å². The average molecular weight is 266 g/mol. The van der Waals surface area contributed by atoms with E-state index in [1.807, 2.05) is 6.07 Å². The average Bonchev–Trinajstić information content (AvgIpc) is 2.70. The molecule has 16 heavy (non-hydrogen) atoms. The van der Waals surface area contributed by atoms with Gasteiger partial charge in [0.1, 0.15) is 5.76 Å². The van der Waals surface area contributed by atoms with Crippen molar-refractivity contribution in [1.82, 2.24) is 4.72 Å². The molecular formula is C10H16ClNO3S. The molecule has 0 radical (unpaired) electrons.